The molecule has 3 amide bonds. The smallest absolute Gasteiger partial charge is 0.322 e. The SMILES string of the molecule is NNC(=O)c1ccc(CN(C(=O)N2CCS(=O)(=O)CC2)c2ccccc2F)nc1. The molecule has 3 rings (SSSR count). The minimum atomic E-state index is -3.17. The predicted octanol–water partition coefficient (Wildman–Crippen LogP) is 0.681. The normalized spacial score (nSPS) is 15.6. The van der Waals surface area contributed by atoms with Crippen molar-refractivity contribution in [2.45, 2.75) is 6.54 Å². The molecule has 2 heterocycles. The lowest BCUT2D eigenvalue weighted by atomic mass is 10.2. The Morgan fingerprint density at radius 2 is 1.86 bits per heavy atom. The summed E-state index contributed by atoms with van der Waals surface area (Å²) >= 11 is 0. The second-order valence-corrected chi connectivity index (χ2v) is 8.77. The molecule has 9 nitrogen and oxygen atoms in total. The number of para-hydroxylation sites is 1. The number of hydrogen-bond acceptors (Lipinski definition) is 6. The molecule has 29 heavy (non-hydrogen) atoms. The van der Waals surface area contributed by atoms with Crippen LogP contribution in [0.5, 0.6) is 0 Å². The van der Waals surface area contributed by atoms with Gasteiger partial charge < -0.3 is 4.90 Å². The number of hydrazine groups is 1. The van der Waals surface area contributed by atoms with Gasteiger partial charge in [-0.1, -0.05) is 12.1 Å². The van der Waals surface area contributed by atoms with E-state index in [2.05, 4.69) is 4.98 Å². The van der Waals surface area contributed by atoms with Crippen LogP contribution in [-0.4, -0.2) is 54.8 Å². The number of carbonyl (C=O) groups is 2. The van der Waals surface area contributed by atoms with Crippen molar-refractivity contribution in [3.05, 3.63) is 59.7 Å². The number of urea groups is 1. The highest BCUT2D eigenvalue weighted by Gasteiger charge is 2.30. The maximum Gasteiger partial charge on any atom is 0.325 e. The van der Waals surface area contributed by atoms with E-state index in [-0.39, 0.29) is 42.4 Å². The summed E-state index contributed by atoms with van der Waals surface area (Å²) in [7, 11) is -3.17. The van der Waals surface area contributed by atoms with Crippen LogP contribution in [0.2, 0.25) is 0 Å². The quantitative estimate of drug-likeness (QED) is 0.425. The molecule has 1 fully saturated rings. The molecule has 11 heteroatoms. The lowest BCUT2D eigenvalue weighted by molar-refractivity contribution is 0.0953. The molecule has 3 N–H and O–H groups in total. The Morgan fingerprint density at radius 3 is 2.45 bits per heavy atom. The number of anilines is 1. The molecule has 1 aromatic carbocycles. The number of nitrogens with two attached hydrogens (primary N) is 1. The van der Waals surface area contributed by atoms with Gasteiger partial charge in [0, 0.05) is 19.3 Å². The molecule has 0 unspecified atom stereocenters. The van der Waals surface area contributed by atoms with E-state index in [9.17, 15) is 22.4 Å². The zero-order valence-corrected chi connectivity index (χ0v) is 16.2. The first-order chi connectivity index (χ1) is 13.8. The molecular weight excluding hydrogens is 401 g/mol. The van der Waals surface area contributed by atoms with Crippen LogP contribution in [0.25, 0.3) is 0 Å². The van der Waals surface area contributed by atoms with Crippen molar-refractivity contribution in [3.63, 3.8) is 0 Å². The summed E-state index contributed by atoms with van der Waals surface area (Å²) in [6.07, 6.45) is 1.30. The highest BCUT2D eigenvalue weighted by atomic mass is 32.2. The summed E-state index contributed by atoms with van der Waals surface area (Å²) in [5.74, 6) is 3.71. The Balaban J connectivity index is 1.87. The van der Waals surface area contributed by atoms with E-state index in [0.717, 1.165) is 0 Å². The maximum atomic E-state index is 14.4. The monoisotopic (exact) mass is 421 g/mol. The number of halogens is 1. The van der Waals surface area contributed by atoms with Gasteiger partial charge in [0.05, 0.1) is 35.0 Å². The van der Waals surface area contributed by atoms with Gasteiger partial charge in [-0.05, 0) is 24.3 Å². The molecule has 2 aromatic rings. The lowest BCUT2D eigenvalue weighted by Crippen LogP contribution is -2.50. The van der Waals surface area contributed by atoms with Gasteiger partial charge in [0.1, 0.15) is 5.82 Å². The minimum absolute atomic E-state index is 0.0369. The van der Waals surface area contributed by atoms with Crippen molar-refractivity contribution < 1.29 is 22.4 Å². The molecule has 1 aliphatic rings. The zero-order valence-electron chi connectivity index (χ0n) is 15.4. The summed E-state index contributed by atoms with van der Waals surface area (Å²) in [5, 5.41) is 0. The van der Waals surface area contributed by atoms with Crippen molar-refractivity contribution in [2.75, 3.05) is 29.5 Å². The van der Waals surface area contributed by atoms with E-state index in [0.29, 0.717) is 5.69 Å². The van der Waals surface area contributed by atoms with Crippen molar-refractivity contribution in [3.8, 4) is 0 Å². The van der Waals surface area contributed by atoms with Gasteiger partial charge >= 0.3 is 6.03 Å². The third-order valence-electron chi connectivity index (χ3n) is 4.53. The number of nitrogens with zero attached hydrogens (tertiary/aromatic N) is 3. The van der Waals surface area contributed by atoms with Crippen molar-refractivity contribution in [1.82, 2.24) is 15.3 Å². The number of pyridine rings is 1. The first-order valence-electron chi connectivity index (χ1n) is 8.78. The van der Waals surface area contributed by atoms with E-state index in [4.69, 9.17) is 5.84 Å². The Kier molecular flexibility index (Phi) is 6.09. The number of amides is 3. The molecule has 0 bridgehead atoms. The number of nitrogens with one attached hydrogen (secondary N) is 1. The lowest BCUT2D eigenvalue weighted by Gasteiger charge is -2.33. The van der Waals surface area contributed by atoms with Crippen LogP contribution >= 0.6 is 0 Å². The fraction of sp³-hybridized carbons (Fsp3) is 0.278. The number of nitrogen functional groups attached to an aromatic ring is 1. The Labute approximate surface area is 167 Å². The predicted molar refractivity (Wildman–Crippen MR) is 104 cm³/mol. The molecule has 0 atom stereocenters. The topological polar surface area (TPSA) is 126 Å². The van der Waals surface area contributed by atoms with Crippen LogP contribution in [0.1, 0.15) is 16.1 Å². The second-order valence-electron chi connectivity index (χ2n) is 6.47. The van der Waals surface area contributed by atoms with Crippen LogP contribution in [-0.2, 0) is 16.4 Å². The van der Waals surface area contributed by atoms with E-state index in [1.807, 2.05) is 5.43 Å². The van der Waals surface area contributed by atoms with Crippen LogP contribution in [0, 0.1) is 5.82 Å². The average Bonchev–Trinajstić information content (AvgIpc) is 2.72. The fourth-order valence-corrected chi connectivity index (χ4v) is 4.10. The molecule has 1 aliphatic heterocycles. The molecule has 154 valence electrons. The molecule has 1 saturated heterocycles. The summed E-state index contributed by atoms with van der Waals surface area (Å²) < 4.78 is 37.7. The van der Waals surface area contributed by atoms with E-state index in [1.165, 1.54) is 46.3 Å². The van der Waals surface area contributed by atoms with E-state index >= 15 is 0 Å². The van der Waals surface area contributed by atoms with Crippen molar-refractivity contribution in [1.29, 1.82) is 0 Å². The summed E-state index contributed by atoms with van der Waals surface area (Å²) in [5.41, 5.74) is 2.70. The third-order valence-corrected chi connectivity index (χ3v) is 6.14. The van der Waals surface area contributed by atoms with Gasteiger partial charge in [0.2, 0.25) is 0 Å². The summed E-state index contributed by atoms with van der Waals surface area (Å²) in [6, 6.07) is 8.31. The molecule has 0 saturated carbocycles. The van der Waals surface area contributed by atoms with Gasteiger partial charge in [0.15, 0.2) is 9.84 Å². The van der Waals surface area contributed by atoms with Gasteiger partial charge in [-0.3, -0.25) is 20.1 Å². The second kappa shape index (κ2) is 8.53. The largest absolute Gasteiger partial charge is 0.325 e. The maximum absolute atomic E-state index is 14.4. The van der Waals surface area contributed by atoms with Crippen LogP contribution in [0.3, 0.4) is 0 Å². The Hall–Kier alpha value is -3.05. The van der Waals surface area contributed by atoms with Gasteiger partial charge in [-0.2, -0.15) is 0 Å². The number of benzene rings is 1. The Morgan fingerprint density at radius 1 is 1.17 bits per heavy atom. The molecule has 0 spiro atoms. The van der Waals surface area contributed by atoms with E-state index in [1.54, 1.807) is 6.07 Å². The van der Waals surface area contributed by atoms with Gasteiger partial charge in [-0.15, -0.1) is 0 Å². The number of hydrogen-bond donors (Lipinski definition) is 2. The minimum Gasteiger partial charge on any atom is -0.322 e. The van der Waals surface area contributed by atoms with Gasteiger partial charge in [0.25, 0.3) is 5.91 Å². The van der Waals surface area contributed by atoms with Crippen molar-refractivity contribution in [2.24, 2.45) is 5.84 Å². The summed E-state index contributed by atoms with van der Waals surface area (Å²) in [4.78, 5) is 31.3. The molecule has 0 radical (unpaired) electrons. The molecule has 1 aromatic heterocycles. The number of carbonyl (C=O) groups excluding carboxylic acids is 2. The summed E-state index contributed by atoms with van der Waals surface area (Å²) in [6.45, 7) is 0.0118. The molecule has 0 aliphatic carbocycles. The Bertz CT molecular complexity index is 999. The van der Waals surface area contributed by atoms with Crippen molar-refractivity contribution >= 4 is 27.5 Å². The fourth-order valence-electron chi connectivity index (χ4n) is 2.90. The van der Waals surface area contributed by atoms with Crippen LogP contribution in [0.15, 0.2) is 42.6 Å². The van der Waals surface area contributed by atoms with Crippen LogP contribution in [0.4, 0.5) is 14.9 Å². The number of aromatic nitrogens is 1. The number of rotatable bonds is 4. The van der Waals surface area contributed by atoms with E-state index < -0.39 is 27.6 Å². The highest BCUT2D eigenvalue weighted by molar-refractivity contribution is 7.91. The average molecular weight is 421 g/mol. The number of sulfone groups is 1. The zero-order chi connectivity index (χ0) is 21.0. The molecular formula is C18H20FN5O4S. The van der Waals surface area contributed by atoms with Gasteiger partial charge in [-0.25, -0.2) is 23.4 Å². The standard InChI is InChI=1S/C18H20FN5O4S/c19-15-3-1-2-4-16(15)24(18(26)23-7-9-29(27,28)10-8-23)12-14-6-5-13(11-21-14)17(25)22-20/h1-6,11H,7-10,12,20H2,(H,22,25). The van der Waals surface area contributed by atoms with Crippen LogP contribution < -0.4 is 16.2 Å². The highest BCUT2D eigenvalue weighted by Crippen LogP contribution is 2.23. The first kappa shape index (κ1) is 20.7. The third kappa shape index (κ3) is 4.87. The first-order valence-corrected chi connectivity index (χ1v) is 10.6.